The van der Waals surface area contributed by atoms with E-state index in [1.807, 2.05) is 18.2 Å². The highest BCUT2D eigenvalue weighted by Gasteiger charge is 2.36. The van der Waals surface area contributed by atoms with Gasteiger partial charge in [0.2, 0.25) is 0 Å². The van der Waals surface area contributed by atoms with Gasteiger partial charge in [0.1, 0.15) is 0 Å². The number of halogens is 6. The summed E-state index contributed by atoms with van der Waals surface area (Å²) in [6.07, 6.45) is -5.18. The largest absolute Gasteiger partial charge is 0.416 e. The van der Waals surface area contributed by atoms with E-state index < -0.39 is 23.5 Å². The molecule has 2 aromatic carbocycles. The van der Waals surface area contributed by atoms with Crippen molar-refractivity contribution in [1.82, 2.24) is 15.0 Å². The molecule has 1 saturated heterocycles. The van der Waals surface area contributed by atoms with E-state index in [-0.39, 0.29) is 23.3 Å². The Hall–Kier alpha value is -3.14. The van der Waals surface area contributed by atoms with E-state index in [0.717, 1.165) is 31.3 Å². The lowest BCUT2D eigenvalue weighted by Crippen LogP contribution is -2.18. The molecule has 1 fully saturated rings. The SMILES string of the molecule is FC(F)(F)c1cc(/C=C/c2noc(-c3cccc(CN4CCCC4)c3)n2)cc(C(F)(F)F)c1. The fourth-order valence-electron chi connectivity index (χ4n) is 3.67. The number of likely N-dealkylation sites (tertiary alicyclic amines) is 1. The van der Waals surface area contributed by atoms with Crippen LogP contribution in [0.1, 0.15) is 40.9 Å². The molecule has 0 N–H and O–H groups in total. The highest BCUT2D eigenvalue weighted by molar-refractivity contribution is 5.68. The van der Waals surface area contributed by atoms with Crippen LogP contribution in [-0.4, -0.2) is 28.1 Å². The first-order valence-corrected chi connectivity index (χ1v) is 10.2. The van der Waals surface area contributed by atoms with Crippen LogP contribution in [0.25, 0.3) is 23.6 Å². The van der Waals surface area contributed by atoms with Crippen LogP contribution in [0, 0.1) is 0 Å². The second-order valence-corrected chi connectivity index (χ2v) is 7.81. The zero-order valence-electron chi connectivity index (χ0n) is 17.2. The number of aromatic nitrogens is 2. The summed E-state index contributed by atoms with van der Waals surface area (Å²) in [5.74, 6) is 0.235. The second-order valence-electron chi connectivity index (χ2n) is 7.81. The van der Waals surface area contributed by atoms with Crippen molar-refractivity contribution in [2.75, 3.05) is 13.1 Å². The van der Waals surface area contributed by atoms with Crippen molar-refractivity contribution in [3.8, 4) is 11.5 Å². The van der Waals surface area contributed by atoms with Crippen LogP contribution in [0.4, 0.5) is 26.3 Å². The molecule has 174 valence electrons. The van der Waals surface area contributed by atoms with Crippen LogP contribution >= 0.6 is 0 Å². The number of rotatable bonds is 5. The first-order chi connectivity index (χ1) is 15.6. The van der Waals surface area contributed by atoms with Gasteiger partial charge in [-0.15, -0.1) is 0 Å². The van der Waals surface area contributed by atoms with Crippen LogP contribution in [0.5, 0.6) is 0 Å². The summed E-state index contributed by atoms with van der Waals surface area (Å²) >= 11 is 0. The highest BCUT2D eigenvalue weighted by atomic mass is 19.4. The minimum absolute atomic E-state index is 0.0286. The molecule has 10 heteroatoms. The summed E-state index contributed by atoms with van der Waals surface area (Å²) in [6.45, 7) is 2.89. The van der Waals surface area contributed by atoms with Crippen molar-refractivity contribution >= 4 is 12.2 Å². The van der Waals surface area contributed by atoms with E-state index in [1.54, 1.807) is 6.07 Å². The molecule has 0 amide bonds. The summed E-state index contributed by atoms with van der Waals surface area (Å²) in [4.78, 5) is 6.53. The van der Waals surface area contributed by atoms with Gasteiger partial charge in [-0.05, 0) is 73.5 Å². The number of nitrogens with zero attached hydrogens (tertiary/aromatic N) is 3. The van der Waals surface area contributed by atoms with Crippen molar-refractivity contribution < 1.29 is 30.9 Å². The van der Waals surface area contributed by atoms with Crippen molar-refractivity contribution in [1.29, 1.82) is 0 Å². The van der Waals surface area contributed by atoms with Gasteiger partial charge in [-0.2, -0.15) is 31.3 Å². The first kappa shape index (κ1) is 23.0. The fourth-order valence-corrected chi connectivity index (χ4v) is 3.67. The molecule has 0 radical (unpaired) electrons. The summed E-state index contributed by atoms with van der Waals surface area (Å²) < 4.78 is 83.3. The molecule has 0 unspecified atom stereocenters. The first-order valence-electron chi connectivity index (χ1n) is 10.2. The van der Waals surface area contributed by atoms with Crippen molar-refractivity contribution in [2.45, 2.75) is 31.7 Å². The average molecular weight is 467 g/mol. The van der Waals surface area contributed by atoms with Crippen LogP contribution in [0.15, 0.2) is 47.0 Å². The van der Waals surface area contributed by atoms with Gasteiger partial charge in [0.25, 0.3) is 5.89 Å². The van der Waals surface area contributed by atoms with Gasteiger partial charge >= 0.3 is 12.4 Å². The van der Waals surface area contributed by atoms with Crippen LogP contribution < -0.4 is 0 Å². The summed E-state index contributed by atoms with van der Waals surface area (Å²) in [7, 11) is 0. The summed E-state index contributed by atoms with van der Waals surface area (Å²) in [5, 5.41) is 3.76. The summed E-state index contributed by atoms with van der Waals surface area (Å²) in [5.41, 5.74) is -1.30. The number of hydrogen-bond donors (Lipinski definition) is 0. The van der Waals surface area contributed by atoms with Crippen molar-refractivity contribution in [3.05, 3.63) is 70.5 Å². The van der Waals surface area contributed by atoms with Gasteiger partial charge in [0, 0.05) is 12.1 Å². The predicted octanol–water partition coefficient (Wildman–Crippen LogP) is 6.54. The average Bonchev–Trinajstić information content (AvgIpc) is 3.43. The molecule has 2 heterocycles. The molecular formula is C23H19F6N3O. The number of alkyl halides is 6. The van der Waals surface area contributed by atoms with E-state index >= 15 is 0 Å². The van der Waals surface area contributed by atoms with Gasteiger partial charge in [0.15, 0.2) is 5.82 Å². The molecule has 3 aromatic rings. The van der Waals surface area contributed by atoms with Gasteiger partial charge < -0.3 is 4.52 Å². The third-order valence-corrected chi connectivity index (χ3v) is 5.26. The Kier molecular flexibility index (Phi) is 6.29. The lowest BCUT2D eigenvalue weighted by atomic mass is 10.0. The summed E-state index contributed by atoms with van der Waals surface area (Å²) in [6, 6.07) is 8.91. The minimum atomic E-state index is -4.91. The Morgan fingerprint density at radius 3 is 2.18 bits per heavy atom. The molecule has 4 nitrogen and oxygen atoms in total. The molecule has 0 atom stereocenters. The molecule has 0 saturated carbocycles. The normalized spacial score (nSPS) is 15.6. The standard InChI is InChI=1S/C23H19F6N3O/c24-22(25,26)18-11-15(12-19(13-18)23(27,28)29)6-7-20-30-21(33-31-20)17-5-3-4-16(10-17)14-32-8-1-2-9-32/h3-7,10-13H,1-2,8-9,14H2/b7-6+. The van der Waals surface area contributed by atoms with Gasteiger partial charge in [-0.25, -0.2) is 0 Å². The molecule has 1 aromatic heterocycles. The maximum absolute atomic E-state index is 13.0. The van der Waals surface area contributed by atoms with Crippen molar-refractivity contribution in [2.24, 2.45) is 0 Å². The topological polar surface area (TPSA) is 42.2 Å². The zero-order valence-corrected chi connectivity index (χ0v) is 17.2. The van der Waals surface area contributed by atoms with E-state index in [2.05, 4.69) is 15.0 Å². The maximum atomic E-state index is 13.0. The molecule has 0 spiro atoms. The van der Waals surface area contributed by atoms with E-state index in [4.69, 9.17) is 4.52 Å². The smallest absolute Gasteiger partial charge is 0.334 e. The number of hydrogen-bond acceptors (Lipinski definition) is 4. The van der Waals surface area contributed by atoms with E-state index in [0.29, 0.717) is 17.7 Å². The van der Waals surface area contributed by atoms with E-state index in [9.17, 15) is 26.3 Å². The molecular weight excluding hydrogens is 448 g/mol. The van der Waals surface area contributed by atoms with Crippen LogP contribution in [0.2, 0.25) is 0 Å². The predicted molar refractivity (Wildman–Crippen MR) is 110 cm³/mol. The Morgan fingerprint density at radius 2 is 1.55 bits per heavy atom. The Labute approximate surface area is 185 Å². The molecule has 1 aliphatic heterocycles. The van der Waals surface area contributed by atoms with Gasteiger partial charge in [0.05, 0.1) is 11.1 Å². The minimum Gasteiger partial charge on any atom is -0.334 e. The quantitative estimate of drug-likeness (QED) is 0.400. The molecule has 0 bridgehead atoms. The van der Waals surface area contributed by atoms with Gasteiger partial charge in [-0.1, -0.05) is 23.4 Å². The molecule has 0 aliphatic carbocycles. The third kappa shape index (κ3) is 5.81. The third-order valence-electron chi connectivity index (χ3n) is 5.26. The Morgan fingerprint density at radius 1 is 0.879 bits per heavy atom. The second kappa shape index (κ2) is 9.01. The van der Waals surface area contributed by atoms with Crippen LogP contribution in [0.3, 0.4) is 0 Å². The lowest BCUT2D eigenvalue weighted by molar-refractivity contribution is -0.143. The Bertz CT molecular complexity index is 1110. The Balaban J connectivity index is 1.55. The van der Waals surface area contributed by atoms with Crippen LogP contribution in [-0.2, 0) is 18.9 Å². The maximum Gasteiger partial charge on any atom is 0.416 e. The zero-order chi connectivity index (χ0) is 23.6. The van der Waals surface area contributed by atoms with Gasteiger partial charge in [-0.3, -0.25) is 4.90 Å². The fraction of sp³-hybridized carbons (Fsp3) is 0.304. The molecule has 33 heavy (non-hydrogen) atoms. The van der Waals surface area contributed by atoms with E-state index in [1.165, 1.54) is 18.9 Å². The monoisotopic (exact) mass is 467 g/mol. The molecule has 4 rings (SSSR count). The highest BCUT2D eigenvalue weighted by Crippen LogP contribution is 2.36. The van der Waals surface area contributed by atoms with Crippen molar-refractivity contribution in [3.63, 3.8) is 0 Å². The number of benzene rings is 2. The lowest BCUT2D eigenvalue weighted by Gasteiger charge is -2.14. The molecule has 1 aliphatic rings.